The summed E-state index contributed by atoms with van der Waals surface area (Å²) in [4.78, 5) is 28.7. The molecule has 0 unspecified atom stereocenters. The molecule has 1 heterocycles. The molecular formula is C21H22N4O2S. The second kappa shape index (κ2) is 8.75. The third-order valence-electron chi connectivity index (χ3n) is 4.30. The van der Waals surface area contributed by atoms with Crippen LogP contribution in [0, 0.1) is 13.8 Å². The van der Waals surface area contributed by atoms with E-state index in [4.69, 9.17) is 0 Å². The Bertz CT molecular complexity index is 996. The summed E-state index contributed by atoms with van der Waals surface area (Å²) < 4.78 is 1.86. The zero-order valence-corrected chi connectivity index (χ0v) is 16.8. The lowest BCUT2D eigenvalue weighted by molar-refractivity contribution is -0.113. The van der Waals surface area contributed by atoms with Gasteiger partial charge in [-0.2, -0.15) is 0 Å². The topological polar surface area (TPSA) is 76.0 Å². The van der Waals surface area contributed by atoms with Crippen LogP contribution in [0.3, 0.4) is 0 Å². The Kier molecular flexibility index (Phi) is 6.16. The summed E-state index contributed by atoms with van der Waals surface area (Å²) in [5.41, 5.74) is 4.24. The van der Waals surface area contributed by atoms with Crippen LogP contribution in [0.15, 0.2) is 60.0 Å². The van der Waals surface area contributed by atoms with Crippen LogP contribution in [-0.2, 0) is 11.8 Å². The summed E-state index contributed by atoms with van der Waals surface area (Å²) in [6, 6.07) is 12.6. The highest BCUT2D eigenvalue weighted by Crippen LogP contribution is 2.17. The molecule has 0 aliphatic rings. The normalized spacial score (nSPS) is 10.5. The van der Waals surface area contributed by atoms with Crippen LogP contribution in [-0.4, -0.2) is 27.1 Å². The number of hydrogen-bond acceptors (Lipinski definition) is 4. The summed E-state index contributed by atoms with van der Waals surface area (Å²) in [5, 5.41) is 6.50. The van der Waals surface area contributed by atoms with Crippen molar-refractivity contribution in [3.8, 4) is 0 Å². The van der Waals surface area contributed by atoms with E-state index in [0.717, 1.165) is 16.4 Å². The van der Waals surface area contributed by atoms with Gasteiger partial charge in [-0.15, -0.1) is 0 Å². The van der Waals surface area contributed by atoms with E-state index in [1.807, 2.05) is 49.9 Å². The van der Waals surface area contributed by atoms with E-state index in [1.54, 1.807) is 30.5 Å². The molecule has 0 aliphatic carbocycles. The molecule has 3 rings (SSSR count). The lowest BCUT2D eigenvalue weighted by atomic mass is 10.1. The van der Waals surface area contributed by atoms with Gasteiger partial charge >= 0.3 is 0 Å². The smallest absolute Gasteiger partial charge is 0.255 e. The number of carbonyl (C=O) groups excluding carboxylic acids is 2. The van der Waals surface area contributed by atoms with Gasteiger partial charge in [0.1, 0.15) is 0 Å². The number of amides is 2. The standard InChI is InChI=1S/C21H22N4O2S/c1-14-4-7-18(12-15(14)2)24-20(27)16-5-8-17(9-6-16)23-19(26)13-28-21-22-10-11-25(21)3/h4-12H,13H2,1-3H3,(H,23,26)(H,24,27). The van der Waals surface area contributed by atoms with Gasteiger partial charge in [-0.25, -0.2) is 4.98 Å². The molecule has 144 valence electrons. The molecule has 0 atom stereocenters. The number of rotatable bonds is 6. The van der Waals surface area contributed by atoms with E-state index in [0.29, 0.717) is 11.3 Å². The van der Waals surface area contributed by atoms with Crippen molar-refractivity contribution in [1.29, 1.82) is 0 Å². The Morgan fingerprint density at radius 1 is 1.00 bits per heavy atom. The summed E-state index contributed by atoms with van der Waals surface area (Å²) in [6.07, 6.45) is 3.53. The molecule has 0 bridgehead atoms. The predicted molar refractivity (Wildman–Crippen MR) is 113 cm³/mol. The third-order valence-corrected chi connectivity index (χ3v) is 5.36. The molecule has 0 spiro atoms. The number of nitrogens with one attached hydrogen (secondary N) is 2. The van der Waals surface area contributed by atoms with E-state index in [2.05, 4.69) is 15.6 Å². The molecule has 6 nitrogen and oxygen atoms in total. The Morgan fingerprint density at radius 3 is 2.36 bits per heavy atom. The van der Waals surface area contributed by atoms with Crippen LogP contribution in [0.5, 0.6) is 0 Å². The quantitative estimate of drug-likeness (QED) is 0.619. The minimum absolute atomic E-state index is 0.125. The first-order valence-electron chi connectivity index (χ1n) is 8.81. The fraction of sp³-hybridized carbons (Fsp3) is 0.190. The number of imidazole rings is 1. The molecule has 2 amide bonds. The fourth-order valence-electron chi connectivity index (χ4n) is 2.55. The first-order chi connectivity index (χ1) is 13.4. The van der Waals surface area contributed by atoms with E-state index in [1.165, 1.54) is 17.3 Å². The van der Waals surface area contributed by atoms with Crippen molar-refractivity contribution >= 4 is 35.0 Å². The van der Waals surface area contributed by atoms with E-state index in [9.17, 15) is 9.59 Å². The number of thioether (sulfide) groups is 1. The minimum atomic E-state index is -0.188. The first kappa shape index (κ1) is 19.7. The van der Waals surface area contributed by atoms with Crippen molar-refractivity contribution in [1.82, 2.24) is 9.55 Å². The van der Waals surface area contributed by atoms with Crippen LogP contribution < -0.4 is 10.6 Å². The third kappa shape index (κ3) is 5.01. The molecule has 0 saturated heterocycles. The van der Waals surface area contributed by atoms with Crippen LogP contribution >= 0.6 is 11.8 Å². The summed E-state index contributed by atoms with van der Waals surface area (Å²) in [6.45, 7) is 4.04. The van der Waals surface area contributed by atoms with E-state index in [-0.39, 0.29) is 17.6 Å². The van der Waals surface area contributed by atoms with Gasteiger partial charge in [0.25, 0.3) is 5.91 Å². The van der Waals surface area contributed by atoms with Crippen LogP contribution in [0.25, 0.3) is 0 Å². The zero-order chi connectivity index (χ0) is 20.1. The lowest BCUT2D eigenvalue weighted by Crippen LogP contribution is -2.15. The Morgan fingerprint density at radius 2 is 1.71 bits per heavy atom. The zero-order valence-electron chi connectivity index (χ0n) is 16.0. The van der Waals surface area contributed by atoms with Crippen molar-refractivity contribution in [2.45, 2.75) is 19.0 Å². The Balaban J connectivity index is 1.55. The molecule has 28 heavy (non-hydrogen) atoms. The van der Waals surface area contributed by atoms with Crippen molar-refractivity contribution in [2.75, 3.05) is 16.4 Å². The van der Waals surface area contributed by atoms with Crippen LogP contribution in [0.2, 0.25) is 0 Å². The van der Waals surface area contributed by atoms with E-state index < -0.39 is 0 Å². The maximum atomic E-state index is 12.4. The van der Waals surface area contributed by atoms with Gasteiger partial charge < -0.3 is 15.2 Å². The average molecular weight is 395 g/mol. The van der Waals surface area contributed by atoms with E-state index >= 15 is 0 Å². The van der Waals surface area contributed by atoms with Crippen LogP contribution in [0.1, 0.15) is 21.5 Å². The van der Waals surface area contributed by atoms with Gasteiger partial charge in [-0.1, -0.05) is 17.8 Å². The largest absolute Gasteiger partial charge is 0.329 e. The molecule has 7 heteroatoms. The second-order valence-electron chi connectivity index (χ2n) is 6.49. The Labute approximate surface area is 168 Å². The predicted octanol–water partition coefficient (Wildman–Crippen LogP) is 4.02. The van der Waals surface area contributed by atoms with Gasteiger partial charge in [0.05, 0.1) is 5.75 Å². The number of aryl methyl sites for hydroxylation is 3. The van der Waals surface area contributed by atoms with Gasteiger partial charge in [-0.3, -0.25) is 9.59 Å². The molecule has 0 aliphatic heterocycles. The monoisotopic (exact) mass is 394 g/mol. The molecule has 0 fully saturated rings. The number of anilines is 2. The molecule has 0 saturated carbocycles. The molecule has 2 N–H and O–H groups in total. The summed E-state index contributed by atoms with van der Waals surface area (Å²) in [7, 11) is 1.88. The number of benzene rings is 2. The SMILES string of the molecule is Cc1ccc(NC(=O)c2ccc(NC(=O)CSc3nccn3C)cc2)cc1C. The van der Waals surface area contributed by atoms with Gasteiger partial charge in [0.2, 0.25) is 5.91 Å². The molecule has 1 aromatic heterocycles. The van der Waals surface area contributed by atoms with Crippen molar-refractivity contribution < 1.29 is 9.59 Å². The summed E-state index contributed by atoms with van der Waals surface area (Å²) in [5.74, 6) is -0.0494. The first-order valence-corrected chi connectivity index (χ1v) is 9.79. The highest BCUT2D eigenvalue weighted by molar-refractivity contribution is 7.99. The highest BCUT2D eigenvalue weighted by atomic mass is 32.2. The molecule has 0 radical (unpaired) electrons. The van der Waals surface area contributed by atoms with Gasteiger partial charge in [-0.05, 0) is 61.4 Å². The lowest BCUT2D eigenvalue weighted by Gasteiger charge is -2.09. The highest BCUT2D eigenvalue weighted by Gasteiger charge is 2.09. The average Bonchev–Trinajstić information content (AvgIpc) is 3.08. The number of aromatic nitrogens is 2. The number of hydrogen-bond donors (Lipinski definition) is 2. The summed E-state index contributed by atoms with van der Waals surface area (Å²) >= 11 is 1.37. The van der Waals surface area contributed by atoms with Crippen LogP contribution in [0.4, 0.5) is 11.4 Å². The van der Waals surface area contributed by atoms with Gasteiger partial charge in [0.15, 0.2) is 5.16 Å². The number of carbonyl (C=O) groups is 2. The molecule has 2 aromatic carbocycles. The van der Waals surface area contributed by atoms with Crippen molar-refractivity contribution in [3.63, 3.8) is 0 Å². The fourth-order valence-corrected chi connectivity index (χ4v) is 3.28. The second-order valence-corrected chi connectivity index (χ2v) is 7.43. The number of nitrogens with zero attached hydrogens (tertiary/aromatic N) is 2. The maximum Gasteiger partial charge on any atom is 0.255 e. The van der Waals surface area contributed by atoms with Gasteiger partial charge in [0, 0.05) is 36.4 Å². The Hall–Kier alpha value is -3.06. The maximum absolute atomic E-state index is 12.4. The van der Waals surface area contributed by atoms with Crippen molar-refractivity contribution in [2.24, 2.45) is 7.05 Å². The van der Waals surface area contributed by atoms with Crippen molar-refractivity contribution in [3.05, 3.63) is 71.5 Å². The minimum Gasteiger partial charge on any atom is -0.329 e. The molecular weight excluding hydrogens is 372 g/mol. The molecule has 3 aromatic rings.